The molecule has 1 rings (SSSR count). The fourth-order valence-corrected chi connectivity index (χ4v) is 1.44. The van der Waals surface area contributed by atoms with E-state index in [1.165, 1.54) is 0 Å². The molecule has 1 aromatic carbocycles. The van der Waals surface area contributed by atoms with E-state index in [1.807, 2.05) is 0 Å². The van der Waals surface area contributed by atoms with Gasteiger partial charge in [-0.2, -0.15) is 13.2 Å². The zero-order chi connectivity index (χ0) is 12.3. The highest BCUT2D eigenvalue weighted by Gasteiger charge is 2.30. The Labute approximate surface area is 97.5 Å². The molecule has 1 amide bonds. The number of nitrogens with two attached hydrogens (primary N) is 1. The van der Waals surface area contributed by atoms with Crippen molar-refractivity contribution in [1.82, 2.24) is 0 Å². The van der Waals surface area contributed by atoms with Gasteiger partial charge >= 0.3 is 6.18 Å². The van der Waals surface area contributed by atoms with Crippen LogP contribution in [0.1, 0.15) is 5.56 Å². The number of amides is 1. The molecule has 16 heavy (non-hydrogen) atoms. The molecule has 0 saturated heterocycles. The lowest BCUT2D eigenvalue weighted by Gasteiger charge is -2.10. The molecule has 0 aromatic heterocycles. The topological polar surface area (TPSA) is 52.3 Å². The molecule has 2 N–H and O–H groups in total. The van der Waals surface area contributed by atoms with Crippen LogP contribution in [0.4, 0.5) is 13.2 Å². The van der Waals surface area contributed by atoms with E-state index in [-0.39, 0.29) is 16.8 Å². The summed E-state index contributed by atoms with van der Waals surface area (Å²) in [6.45, 7) is -0.385. The Hall–Kier alpha value is -1.24. The van der Waals surface area contributed by atoms with Crippen molar-refractivity contribution in [1.29, 1.82) is 0 Å². The lowest BCUT2D eigenvalue weighted by atomic mass is 10.2. The minimum Gasteiger partial charge on any atom is -0.483 e. The molecule has 0 fully saturated rings. The highest BCUT2D eigenvalue weighted by Crippen LogP contribution is 2.34. The van der Waals surface area contributed by atoms with E-state index in [0.717, 1.165) is 18.2 Å². The van der Waals surface area contributed by atoms with Crippen molar-refractivity contribution in [3.8, 4) is 5.75 Å². The molecule has 0 radical (unpaired) electrons. The molecule has 0 bridgehead atoms. The van der Waals surface area contributed by atoms with E-state index in [0.29, 0.717) is 0 Å². The number of carbonyl (C=O) groups is 1. The van der Waals surface area contributed by atoms with E-state index in [4.69, 9.17) is 10.5 Å². The van der Waals surface area contributed by atoms with Gasteiger partial charge in [0.2, 0.25) is 0 Å². The van der Waals surface area contributed by atoms with Gasteiger partial charge in [0.1, 0.15) is 5.75 Å². The Kier molecular flexibility index (Phi) is 3.79. The average Bonchev–Trinajstić information content (AvgIpc) is 2.14. The van der Waals surface area contributed by atoms with E-state index >= 15 is 0 Å². The van der Waals surface area contributed by atoms with Gasteiger partial charge in [0.15, 0.2) is 6.61 Å². The van der Waals surface area contributed by atoms with Crippen molar-refractivity contribution in [2.45, 2.75) is 6.18 Å². The van der Waals surface area contributed by atoms with Crippen molar-refractivity contribution >= 4 is 21.8 Å². The highest BCUT2D eigenvalue weighted by atomic mass is 79.9. The molecule has 0 unspecified atom stereocenters. The number of benzene rings is 1. The molecule has 0 atom stereocenters. The Morgan fingerprint density at radius 1 is 1.44 bits per heavy atom. The summed E-state index contributed by atoms with van der Waals surface area (Å²) in [6, 6.07) is 2.85. The summed E-state index contributed by atoms with van der Waals surface area (Å²) in [6.07, 6.45) is -4.41. The minimum absolute atomic E-state index is 0.114. The van der Waals surface area contributed by atoms with Crippen molar-refractivity contribution < 1.29 is 22.7 Å². The van der Waals surface area contributed by atoms with Gasteiger partial charge in [-0.25, -0.2) is 0 Å². The molecule has 0 aliphatic carbocycles. The van der Waals surface area contributed by atoms with E-state index in [1.54, 1.807) is 0 Å². The molecule has 3 nitrogen and oxygen atoms in total. The van der Waals surface area contributed by atoms with Gasteiger partial charge in [-0.15, -0.1) is 0 Å². The summed E-state index contributed by atoms with van der Waals surface area (Å²) in [4.78, 5) is 10.4. The Morgan fingerprint density at radius 3 is 2.50 bits per heavy atom. The molecule has 0 aliphatic rings. The molecular weight excluding hydrogens is 291 g/mol. The van der Waals surface area contributed by atoms with Crippen LogP contribution in [0.5, 0.6) is 5.75 Å². The van der Waals surface area contributed by atoms with Crippen LogP contribution in [0.3, 0.4) is 0 Å². The normalized spacial score (nSPS) is 11.2. The summed E-state index contributed by atoms with van der Waals surface area (Å²) >= 11 is 2.91. The molecule has 0 spiro atoms. The van der Waals surface area contributed by atoms with Crippen LogP contribution in [-0.2, 0) is 11.0 Å². The van der Waals surface area contributed by atoms with Crippen molar-refractivity contribution in [3.63, 3.8) is 0 Å². The second-order valence-corrected chi connectivity index (χ2v) is 3.75. The quantitative estimate of drug-likeness (QED) is 0.931. The monoisotopic (exact) mass is 297 g/mol. The van der Waals surface area contributed by atoms with Crippen LogP contribution in [0.25, 0.3) is 0 Å². The average molecular weight is 298 g/mol. The number of hydrogen-bond acceptors (Lipinski definition) is 2. The number of carbonyl (C=O) groups excluding carboxylic acids is 1. The first kappa shape index (κ1) is 12.8. The van der Waals surface area contributed by atoms with Gasteiger partial charge in [-0.05, 0) is 34.1 Å². The van der Waals surface area contributed by atoms with Gasteiger partial charge in [0.25, 0.3) is 5.91 Å². The number of rotatable bonds is 3. The third kappa shape index (κ3) is 3.41. The van der Waals surface area contributed by atoms with Crippen molar-refractivity contribution in [2.24, 2.45) is 5.73 Å². The number of halogens is 4. The second kappa shape index (κ2) is 4.73. The minimum atomic E-state index is -4.41. The Morgan fingerprint density at radius 2 is 2.06 bits per heavy atom. The lowest BCUT2D eigenvalue weighted by Crippen LogP contribution is -2.20. The van der Waals surface area contributed by atoms with Crippen LogP contribution in [0, 0.1) is 0 Å². The predicted molar refractivity (Wildman–Crippen MR) is 53.8 cm³/mol. The van der Waals surface area contributed by atoms with Crippen LogP contribution >= 0.6 is 15.9 Å². The number of primary amides is 1. The third-order valence-corrected chi connectivity index (χ3v) is 2.25. The molecule has 88 valence electrons. The van der Waals surface area contributed by atoms with E-state index < -0.39 is 17.6 Å². The first-order valence-electron chi connectivity index (χ1n) is 4.08. The van der Waals surface area contributed by atoms with Gasteiger partial charge in [0, 0.05) is 0 Å². The maximum absolute atomic E-state index is 12.3. The maximum atomic E-state index is 12.3. The van der Waals surface area contributed by atoms with Gasteiger partial charge < -0.3 is 10.5 Å². The van der Waals surface area contributed by atoms with Crippen LogP contribution in [0.15, 0.2) is 22.7 Å². The van der Waals surface area contributed by atoms with Gasteiger partial charge in [-0.3, -0.25) is 4.79 Å². The third-order valence-electron chi connectivity index (χ3n) is 1.63. The summed E-state index contributed by atoms with van der Waals surface area (Å²) in [5.74, 6) is -0.571. The lowest BCUT2D eigenvalue weighted by molar-refractivity contribution is -0.137. The molecule has 0 aliphatic heterocycles. The summed E-state index contributed by atoms with van der Waals surface area (Å²) < 4.78 is 41.8. The largest absolute Gasteiger partial charge is 0.483 e. The summed E-state index contributed by atoms with van der Waals surface area (Å²) in [5, 5.41) is 0. The first-order chi connectivity index (χ1) is 7.30. The molecular formula is C9H7BrF3NO2. The number of hydrogen-bond donors (Lipinski definition) is 1. The highest BCUT2D eigenvalue weighted by molar-refractivity contribution is 9.10. The molecule has 0 heterocycles. The summed E-state index contributed by atoms with van der Waals surface area (Å²) in [7, 11) is 0. The van der Waals surface area contributed by atoms with Crippen LogP contribution in [0.2, 0.25) is 0 Å². The van der Waals surface area contributed by atoms with E-state index in [2.05, 4.69) is 15.9 Å². The smallest absolute Gasteiger partial charge is 0.416 e. The SMILES string of the molecule is NC(=O)COc1ccc(C(F)(F)F)cc1Br. The molecule has 1 aromatic rings. The standard InChI is InChI=1S/C9H7BrF3NO2/c10-6-3-5(9(11,12)13)1-2-7(6)16-4-8(14)15/h1-3H,4H2,(H2,14,15). The number of alkyl halides is 3. The maximum Gasteiger partial charge on any atom is 0.416 e. The number of ether oxygens (including phenoxy) is 1. The molecule has 0 saturated carbocycles. The Bertz CT molecular complexity index is 406. The van der Waals surface area contributed by atoms with Gasteiger partial charge in [0.05, 0.1) is 10.0 Å². The van der Waals surface area contributed by atoms with Gasteiger partial charge in [-0.1, -0.05) is 0 Å². The van der Waals surface area contributed by atoms with Crippen molar-refractivity contribution in [3.05, 3.63) is 28.2 Å². The van der Waals surface area contributed by atoms with Crippen LogP contribution in [-0.4, -0.2) is 12.5 Å². The zero-order valence-corrected chi connectivity index (χ0v) is 9.43. The fourth-order valence-electron chi connectivity index (χ4n) is 0.943. The van der Waals surface area contributed by atoms with Crippen LogP contribution < -0.4 is 10.5 Å². The predicted octanol–water partition coefficient (Wildman–Crippen LogP) is 2.33. The first-order valence-corrected chi connectivity index (χ1v) is 4.88. The Balaban J connectivity index is 2.88. The molecule has 7 heteroatoms. The fraction of sp³-hybridized carbons (Fsp3) is 0.222. The van der Waals surface area contributed by atoms with E-state index in [9.17, 15) is 18.0 Å². The van der Waals surface area contributed by atoms with Crippen molar-refractivity contribution in [2.75, 3.05) is 6.61 Å². The summed E-state index contributed by atoms with van der Waals surface area (Å²) in [5.41, 5.74) is 4.03. The second-order valence-electron chi connectivity index (χ2n) is 2.90. The zero-order valence-electron chi connectivity index (χ0n) is 7.84.